The van der Waals surface area contributed by atoms with Crippen molar-refractivity contribution in [3.8, 4) is 0 Å². The maximum atomic E-state index is 13.3. The number of nitrogens with two attached hydrogens (primary N) is 2. The lowest BCUT2D eigenvalue weighted by Gasteiger charge is -2.26. The van der Waals surface area contributed by atoms with E-state index in [4.69, 9.17) is 16.3 Å². The van der Waals surface area contributed by atoms with Crippen molar-refractivity contribution in [2.24, 2.45) is 11.6 Å². The van der Waals surface area contributed by atoms with Crippen molar-refractivity contribution < 1.29 is 14.3 Å². The number of anilines is 3. The first-order chi connectivity index (χ1) is 19.5. The third kappa shape index (κ3) is 9.12. The van der Waals surface area contributed by atoms with Crippen molar-refractivity contribution in [3.05, 3.63) is 41.6 Å². The Morgan fingerprint density at radius 2 is 1.73 bits per heavy atom. The van der Waals surface area contributed by atoms with Crippen LogP contribution in [-0.2, 0) is 16.1 Å². The van der Waals surface area contributed by atoms with E-state index >= 15 is 0 Å². The molecule has 12 nitrogen and oxygen atoms in total. The summed E-state index contributed by atoms with van der Waals surface area (Å²) in [5.74, 6) is 6.63. The van der Waals surface area contributed by atoms with Crippen LogP contribution in [0, 0.1) is 0 Å². The molecule has 1 aromatic carbocycles. The Morgan fingerprint density at radius 1 is 1.00 bits per heavy atom. The lowest BCUT2D eigenvalue weighted by Crippen LogP contribution is -2.40. The Kier molecular flexibility index (Phi) is 11.5. The number of hydrogen-bond donors (Lipinski definition) is 5. The van der Waals surface area contributed by atoms with Crippen molar-refractivity contribution in [3.63, 3.8) is 0 Å². The number of amides is 2. The van der Waals surface area contributed by atoms with Crippen LogP contribution in [0.25, 0.3) is 0 Å². The average molecular weight is 554 g/mol. The average Bonchev–Trinajstić information content (AvgIpc) is 2.97. The van der Waals surface area contributed by atoms with E-state index in [9.17, 15) is 9.59 Å². The summed E-state index contributed by atoms with van der Waals surface area (Å²) in [4.78, 5) is 36.8. The summed E-state index contributed by atoms with van der Waals surface area (Å²) in [5, 5.41) is 10.7. The topological polar surface area (TPSA) is 164 Å². The van der Waals surface area contributed by atoms with Gasteiger partial charge in [-0.05, 0) is 49.8 Å². The monoisotopic (exact) mass is 553 g/mol. The summed E-state index contributed by atoms with van der Waals surface area (Å²) in [7, 11) is 0. The zero-order chi connectivity index (χ0) is 28.2. The van der Waals surface area contributed by atoms with Crippen LogP contribution in [0.3, 0.4) is 0 Å². The molecule has 40 heavy (non-hydrogen) atoms. The number of hydrazine groups is 1. The van der Waals surface area contributed by atoms with Crippen LogP contribution >= 0.6 is 0 Å². The minimum absolute atomic E-state index is 0.101. The highest BCUT2D eigenvalue weighted by atomic mass is 16.5. The zero-order valence-electron chi connectivity index (χ0n) is 23.2. The van der Waals surface area contributed by atoms with Gasteiger partial charge in [0.2, 0.25) is 11.9 Å². The Hall–Kier alpha value is -3.32. The van der Waals surface area contributed by atoms with Crippen LogP contribution in [-0.4, -0.2) is 78.7 Å². The predicted molar refractivity (Wildman–Crippen MR) is 156 cm³/mol. The molecule has 2 aliphatic heterocycles. The Morgan fingerprint density at radius 3 is 2.52 bits per heavy atom. The van der Waals surface area contributed by atoms with E-state index in [2.05, 4.69) is 30.8 Å². The summed E-state index contributed by atoms with van der Waals surface area (Å²) in [6.45, 7) is 6.00. The fourth-order valence-corrected chi connectivity index (χ4v) is 4.75. The second-order valence-corrected chi connectivity index (χ2v) is 10.4. The van der Waals surface area contributed by atoms with Crippen molar-refractivity contribution in [2.45, 2.75) is 57.5 Å². The molecule has 1 aromatic heterocycles. The summed E-state index contributed by atoms with van der Waals surface area (Å²) < 4.78 is 5.42. The lowest BCUT2D eigenvalue weighted by molar-refractivity contribution is -0.122. The van der Waals surface area contributed by atoms with Gasteiger partial charge in [0.25, 0.3) is 5.91 Å². The molecule has 0 radical (unpaired) electrons. The van der Waals surface area contributed by atoms with E-state index in [1.807, 2.05) is 24.3 Å². The van der Waals surface area contributed by atoms with Gasteiger partial charge in [-0.1, -0.05) is 25.0 Å². The molecule has 218 valence electrons. The summed E-state index contributed by atoms with van der Waals surface area (Å²) >= 11 is 0. The minimum atomic E-state index is -0.517. The number of hydrogen-bond acceptors (Lipinski definition) is 10. The number of aromatic nitrogens is 2. The van der Waals surface area contributed by atoms with E-state index in [-0.39, 0.29) is 11.8 Å². The van der Waals surface area contributed by atoms with Gasteiger partial charge in [-0.25, -0.2) is 10.8 Å². The quantitative estimate of drug-likeness (QED) is 0.353. The number of ether oxygens (including phenoxy) is 1. The van der Waals surface area contributed by atoms with E-state index in [0.29, 0.717) is 49.1 Å². The molecule has 0 aliphatic carbocycles. The van der Waals surface area contributed by atoms with Gasteiger partial charge in [0.15, 0.2) is 0 Å². The first kappa shape index (κ1) is 29.7. The SMILES string of the molecule is N[C@H]1CCCCNc2nc(ncc2C(=O)Nc2ccc(CN3CCOCC3)cc2)N(N)CCCCCCNC1=O. The van der Waals surface area contributed by atoms with Crippen LogP contribution in [0.1, 0.15) is 60.9 Å². The maximum absolute atomic E-state index is 13.3. The molecule has 2 amide bonds. The Bertz CT molecular complexity index is 1090. The van der Waals surface area contributed by atoms with Crippen LogP contribution in [0.5, 0.6) is 0 Å². The number of carbonyl (C=O) groups excluding carboxylic acids is 2. The molecule has 2 aliphatic rings. The lowest BCUT2D eigenvalue weighted by atomic mass is 10.1. The fourth-order valence-electron chi connectivity index (χ4n) is 4.75. The summed E-state index contributed by atoms with van der Waals surface area (Å²) in [6.07, 6.45) is 7.34. The third-order valence-corrected chi connectivity index (χ3v) is 7.20. The number of nitrogens with one attached hydrogen (secondary N) is 3. The molecule has 4 rings (SSSR count). The molecule has 0 unspecified atom stereocenters. The molecule has 1 fully saturated rings. The van der Waals surface area contributed by atoms with Gasteiger partial charge >= 0.3 is 0 Å². The molecule has 0 spiro atoms. The van der Waals surface area contributed by atoms with Gasteiger partial charge in [-0.2, -0.15) is 4.98 Å². The predicted octanol–water partition coefficient (Wildman–Crippen LogP) is 1.84. The van der Waals surface area contributed by atoms with E-state index in [1.165, 1.54) is 16.8 Å². The first-order valence-electron chi connectivity index (χ1n) is 14.4. The fraction of sp³-hybridized carbons (Fsp3) is 0.571. The molecule has 1 saturated heterocycles. The van der Waals surface area contributed by atoms with Crippen molar-refractivity contribution in [1.29, 1.82) is 0 Å². The van der Waals surface area contributed by atoms with Gasteiger partial charge in [-0.3, -0.25) is 19.5 Å². The second-order valence-electron chi connectivity index (χ2n) is 10.4. The van der Waals surface area contributed by atoms with Crippen molar-refractivity contribution in [2.75, 3.05) is 61.6 Å². The van der Waals surface area contributed by atoms with E-state index < -0.39 is 6.04 Å². The highest BCUT2D eigenvalue weighted by molar-refractivity contribution is 6.07. The number of nitrogens with zero attached hydrogens (tertiary/aromatic N) is 4. The highest BCUT2D eigenvalue weighted by Gasteiger charge is 2.18. The van der Waals surface area contributed by atoms with Crippen LogP contribution in [0.15, 0.2) is 30.5 Å². The van der Waals surface area contributed by atoms with E-state index in [1.54, 1.807) is 0 Å². The molecule has 2 bridgehead atoms. The smallest absolute Gasteiger partial charge is 0.260 e. The number of carbonyl (C=O) groups is 2. The molecule has 3 heterocycles. The van der Waals surface area contributed by atoms with Crippen LogP contribution in [0.4, 0.5) is 17.5 Å². The van der Waals surface area contributed by atoms with Gasteiger partial charge in [0.1, 0.15) is 11.4 Å². The molecular weight excluding hydrogens is 510 g/mol. The molecule has 12 heteroatoms. The third-order valence-electron chi connectivity index (χ3n) is 7.20. The Labute approximate surface area is 236 Å². The van der Waals surface area contributed by atoms with Crippen molar-refractivity contribution in [1.82, 2.24) is 20.2 Å². The summed E-state index contributed by atoms with van der Waals surface area (Å²) in [5.41, 5.74) is 8.27. The Balaban J connectivity index is 1.41. The van der Waals surface area contributed by atoms with E-state index in [0.717, 1.165) is 71.4 Å². The van der Waals surface area contributed by atoms with Gasteiger partial charge in [0, 0.05) is 51.2 Å². The molecule has 1 atom stereocenters. The minimum Gasteiger partial charge on any atom is -0.379 e. The normalized spacial score (nSPS) is 20.5. The van der Waals surface area contributed by atoms with Crippen LogP contribution < -0.4 is 32.5 Å². The number of rotatable bonds is 4. The van der Waals surface area contributed by atoms with Gasteiger partial charge < -0.3 is 26.4 Å². The maximum Gasteiger partial charge on any atom is 0.260 e. The number of morpholine rings is 1. The number of fused-ring (bicyclic) bond motifs is 2. The van der Waals surface area contributed by atoms with Crippen molar-refractivity contribution >= 4 is 29.3 Å². The highest BCUT2D eigenvalue weighted by Crippen LogP contribution is 2.19. The van der Waals surface area contributed by atoms with Crippen LogP contribution in [0.2, 0.25) is 0 Å². The second kappa shape index (κ2) is 15.5. The largest absolute Gasteiger partial charge is 0.379 e. The molecule has 7 N–H and O–H groups in total. The van der Waals surface area contributed by atoms with Gasteiger partial charge in [-0.15, -0.1) is 0 Å². The standard InChI is InChI=1S/C28H43N9O3/c29-24-7-3-5-12-31-25-23(19-33-28(35-25)37(30)14-6-2-1-4-13-32-27(24)39)26(38)34-22-10-8-21(9-11-22)20-36-15-17-40-18-16-36/h8-11,19,24H,1-7,12-18,20,29-30H2,(H,32,39)(H,34,38)(H,31,33,35)/t24-/m0/s1. The van der Waals surface area contributed by atoms with Gasteiger partial charge in [0.05, 0.1) is 19.3 Å². The summed E-state index contributed by atoms with van der Waals surface area (Å²) in [6, 6.07) is 7.36. The number of benzene rings is 1. The molecule has 2 aromatic rings. The molecule has 0 saturated carbocycles. The molecular formula is C28H43N9O3. The zero-order valence-corrected chi connectivity index (χ0v) is 23.2. The first-order valence-corrected chi connectivity index (χ1v) is 14.4.